The Labute approximate surface area is 135 Å². The third-order valence-electron chi connectivity index (χ3n) is 3.37. The Bertz CT molecular complexity index is 557. The first-order valence-corrected chi connectivity index (χ1v) is 8.09. The molecule has 2 aromatic rings. The van der Waals surface area contributed by atoms with E-state index >= 15 is 0 Å². The van der Waals surface area contributed by atoms with Crippen LogP contribution in [0.15, 0.2) is 47.2 Å². The second-order valence-electron chi connectivity index (χ2n) is 5.16. The summed E-state index contributed by atoms with van der Waals surface area (Å²) in [6.45, 7) is 5.01. The van der Waals surface area contributed by atoms with Gasteiger partial charge in [0.15, 0.2) is 0 Å². The van der Waals surface area contributed by atoms with Crippen molar-refractivity contribution in [2.24, 2.45) is 0 Å². The number of benzene rings is 1. The summed E-state index contributed by atoms with van der Waals surface area (Å²) in [5, 5.41) is 3.48. The van der Waals surface area contributed by atoms with Crippen LogP contribution >= 0.6 is 15.9 Å². The predicted octanol–water partition coefficient (Wildman–Crippen LogP) is 3.98. The zero-order valence-corrected chi connectivity index (χ0v) is 14.2. The van der Waals surface area contributed by atoms with Crippen LogP contribution in [0.1, 0.15) is 24.5 Å². The molecule has 0 aliphatic heterocycles. The summed E-state index contributed by atoms with van der Waals surface area (Å²) in [5.74, 6) is 0. The summed E-state index contributed by atoms with van der Waals surface area (Å²) in [6.07, 6.45) is 4.83. The van der Waals surface area contributed by atoms with Crippen molar-refractivity contribution in [3.63, 3.8) is 0 Å². The first kappa shape index (κ1) is 16.0. The van der Waals surface area contributed by atoms with E-state index < -0.39 is 0 Å². The molecule has 0 aliphatic carbocycles. The average Bonchev–Trinajstić information content (AvgIpc) is 2.50. The molecule has 1 heterocycles. The minimum Gasteiger partial charge on any atom is -0.370 e. The van der Waals surface area contributed by atoms with E-state index in [0.29, 0.717) is 0 Å². The Kier molecular flexibility index (Phi) is 6.21. The minimum atomic E-state index is 0.875. The largest absolute Gasteiger partial charge is 0.370 e. The number of hydrogen-bond acceptors (Lipinski definition) is 3. The highest BCUT2D eigenvalue weighted by molar-refractivity contribution is 9.10. The maximum atomic E-state index is 4.07. The molecule has 0 spiro atoms. The highest BCUT2D eigenvalue weighted by atomic mass is 79.9. The number of nitrogens with zero attached hydrogens (tertiary/aromatic N) is 2. The van der Waals surface area contributed by atoms with Crippen molar-refractivity contribution in [1.82, 2.24) is 10.3 Å². The first-order chi connectivity index (χ1) is 10.2. The molecule has 2 rings (SSSR count). The van der Waals surface area contributed by atoms with Crippen molar-refractivity contribution < 1.29 is 0 Å². The van der Waals surface area contributed by atoms with Crippen LogP contribution in [0, 0.1) is 0 Å². The fourth-order valence-corrected chi connectivity index (χ4v) is 2.64. The van der Waals surface area contributed by atoms with Crippen LogP contribution in [0.4, 0.5) is 5.69 Å². The number of rotatable bonds is 7. The van der Waals surface area contributed by atoms with Crippen molar-refractivity contribution in [2.45, 2.75) is 26.4 Å². The molecule has 0 unspecified atom stereocenters. The Morgan fingerprint density at radius 1 is 1.19 bits per heavy atom. The van der Waals surface area contributed by atoms with Crippen LogP contribution in [0.25, 0.3) is 0 Å². The summed E-state index contributed by atoms with van der Waals surface area (Å²) in [6, 6.07) is 10.6. The summed E-state index contributed by atoms with van der Waals surface area (Å²) in [5.41, 5.74) is 3.84. The van der Waals surface area contributed by atoms with E-state index in [1.807, 2.05) is 12.4 Å². The standard InChI is InChI=1S/C17H22BrN3/c1-3-8-20-12-15-4-5-16(18)11-17(15)21(2)13-14-6-9-19-10-7-14/h4-7,9-11,20H,3,8,12-13H2,1-2H3. The molecule has 0 radical (unpaired) electrons. The molecule has 0 saturated carbocycles. The summed E-state index contributed by atoms with van der Waals surface area (Å²) < 4.78 is 1.11. The van der Waals surface area contributed by atoms with Gasteiger partial charge in [-0.15, -0.1) is 0 Å². The number of nitrogens with one attached hydrogen (secondary N) is 1. The molecular weight excluding hydrogens is 326 g/mol. The Balaban J connectivity index is 2.14. The average molecular weight is 348 g/mol. The van der Waals surface area contributed by atoms with E-state index in [4.69, 9.17) is 0 Å². The second-order valence-corrected chi connectivity index (χ2v) is 6.08. The van der Waals surface area contributed by atoms with Gasteiger partial charge in [0.05, 0.1) is 0 Å². The molecule has 21 heavy (non-hydrogen) atoms. The topological polar surface area (TPSA) is 28.2 Å². The number of hydrogen-bond donors (Lipinski definition) is 1. The first-order valence-electron chi connectivity index (χ1n) is 7.30. The maximum absolute atomic E-state index is 4.07. The Morgan fingerprint density at radius 3 is 2.67 bits per heavy atom. The Hall–Kier alpha value is -1.39. The van der Waals surface area contributed by atoms with Crippen molar-refractivity contribution >= 4 is 21.6 Å². The SMILES string of the molecule is CCCNCc1ccc(Br)cc1N(C)Cc1ccncc1. The van der Waals surface area contributed by atoms with Gasteiger partial charge >= 0.3 is 0 Å². The highest BCUT2D eigenvalue weighted by Gasteiger charge is 2.09. The van der Waals surface area contributed by atoms with Gasteiger partial charge in [-0.1, -0.05) is 28.9 Å². The molecule has 0 saturated heterocycles. The van der Waals surface area contributed by atoms with Gasteiger partial charge in [0.1, 0.15) is 0 Å². The van der Waals surface area contributed by atoms with E-state index in [0.717, 1.165) is 30.5 Å². The molecule has 0 atom stereocenters. The molecule has 1 aromatic heterocycles. The quantitative estimate of drug-likeness (QED) is 0.767. The molecule has 0 aliphatic rings. The number of aromatic nitrogens is 1. The lowest BCUT2D eigenvalue weighted by atomic mass is 10.1. The van der Waals surface area contributed by atoms with Gasteiger partial charge in [-0.3, -0.25) is 4.98 Å². The zero-order valence-electron chi connectivity index (χ0n) is 12.6. The summed E-state index contributed by atoms with van der Waals surface area (Å²) in [7, 11) is 2.13. The van der Waals surface area contributed by atoms with Crippen LogP contribution in [0.5, 0.6) is 0 Å². The smallest absolute Gasteiger partial charge is 0.0427 e. The maximum Gasteiger partial charge on any atom is 0.0427 e. The molecule has 1 N–H and O–H groups in total. The summed E-state index contributed by atoms with van der Waals surface area (Å²) >= 11 is 3.57. The van der Waals surface area contributed by atoms with Gasteiger partial charge in [0, 0.05) is 42.7 Å². The third-order valence-corrected chi connectivity index (χ3v) is 3.86. The van der Waals surface area contributed by atoms with Crippen LogP contribution in [-0.2, 0) is 13.1 Å². The van der Waals surface area contributed by atoms with Gasteiger partial charge in [-0.05, 0) is 48.4 Å². The number of anilines is 1. The van der Waals surface area contributed by atoms with Crippen molar-refractivity contribution in [3.8, 4) is 0 Å². The molecule has 3 nitrogen and oxygen atoms in total. The van der Waals surface area contributed by atoms with E-state index in [9.17, 15) is 0 Å². The van der Waals surface area contributed by atoms with Gasteiger partial charge in [-0.25, -0.2) is 0 Å². The van der Waals surface area contributed by atoms with Gasteiger partial charge in [0.2, 0.25) is 0 Å². The van der Waals surface area contributed by atoms with Crippen LogP contribution in [0.2, 0.25) is 0 Å². The molecule has 0 bridgehead atoms. The molecule has 0 fully saturated rings. The van der Waals surface area contributed by atoms with Gasteiger partial charge in [0.25, 0.3) is 0 Å². The molecule has 112 valence electrons. The second kappa shape index (κ2) is 8.15. The summed E-state index contributed by atoms with van der Waals surface area (Å²) in [4.78, 5) is 6.35. The molecular formula is C17H22BrN3. The predicted molar refractivity (Wildman–Crippen MR) is 92.5 cm³/mol. The van der Waals surface area contributed by atoms with Crippen molar-refractivity contribution in [3.05, 3.63) is 58.3 Å². The van der Waals surface area contributed by atoms with E-state index in [2.05, 4.69) is 75.4 Å². The Morgan fingerprint density at radius 2 is 1.95 bits per heavy atom. The fourth-order valence-electron chi connectivity index (χ4n) is 2.29. The number of pyridine rings is 1. The van der Waals surface area contributed by atoms with E-state index in [1.54, 1.807) is 0 Å². The fraction of sp³-hybridized carbons (Fsp3) is 0.353. The van der Waals surface area contributed by atoms with E-state index in [-0.39, 0.29) is 0 Å². The van der Waals surface area contributed by atoms with E-state index in [1.165, 1.54) is 16.8 Å². The normalized spacial score (nSPS) is 10.6. The third kappa shape index (κ3) is 4.83. The minimum absolute atomic E-state index is 0.875. The van der Waals surface area contributed by atoms with Crippen LogP contribution < -0.4 is 10.2 Å². The van der Waals surface area contributed by atoms with Crippen molar-refractivity contribution in [1.29, 1.82) is 0 Å². The van der Waals surface area contributed by atoms with Gasteiger partial charge in [-0.2, -0.15) is 0 Å². The van der Waals surface area contributed by atoms with Crippen LogP contribution in [0.3, 0.4) is 0 Å². The lowest BCUT2D eigenvalue weighted by Crippen LogP contribution is -2.21. The zero-order chi connectivity index (χ0) is 15.1. The highest BCUT2D eigenvalue weighted by Crippen LogP contribution is 2.25. The number of halogens is 1. The lowest BCUT2D eigenvalue weighted by molar-refractivity contribution is 0.673. The van der Waals surface area contributed by atoms with Crippen molar-refractivity contribution in [2.75, 3.05) is 18.5 Å². The monoisotopic (exact) mass is 347 g/mol. The molecule has 4 heteroatoms. The van der Waals surface area contributed by atoms with Crippen LogP contribution in [-0.4, -0.2) is 18.6 Å². The lowest BCUT2D eigenvalue weighted by Gasteiger charge is -2.23. The molecule has 0 amide bonds. The van der Waals surface area contributed by atoms with Gasteiger partial charge < -0.3 is 10.2 Å². The molecule has 1 aromatic carbocycles.